The third kappa shape index (κ3) is 16.8. The van der Waals surface area contributed by atoms with Gasteiger partial charge in [0, 0.05) is 17.3 Å². The summed E-state index contributed by atoms with van der Waals surface area (Å²) < 4.78 is 5.84. The van der Waals surface area contributed by atoms with Gasteiger partial charge >= 0.3 is 0 Å². The molecule has 0 aliphatic carbocycles. The highest BCUT2D eigenvalue weighted by Crippen LogP contribution is 2.38. The lowest BCUT2D eigenvalue weighted by atomic mass is 10.2. The first-order chi connectivity index (χ1) is 9.97. The molecule has 0 radical (unpaired) electrons. The van der Waals surface area contributed by atoms with Crippen molar-refractivity contribution in [2.75, 3.05) is 23.9 Å². The second-order valence-corrected chi connectivity index (χ2v) is 22.1. The van der Waals surface area contributed by atoms with Crippen LogP contribution in [0.15, 0.2) is 0 Å². The van der Waals surface area contributed by atoms with Crippen molar-refractivity contribution in [1.29, 1.82) is 0 Å². The first-order valence-electron chi connectivity index (χ1n) is 8.03. The predicted octanol–water partition coefficient (Wildman–Crippen LogP) is 7.01. The van der Waals surface area contributed by atoms with Crippen LogP contribution in [0.25, 0.3) is 0 Å². The van der Waals surface area contributed by atoms with Crippen molar-refractivity contribution >= 4 is 58.6 Å². The minimum atomic E-state index is -1.46. The van der Waals surface area contributed by atoms with E-state index in [9.17, 15) is 0 Å². The van der Waals surface area contributed by atoms with Crippen molar-refractivity contribution in [3.05, 3.63) is 0 Å². The smallest absolute Gasteiger partial charge is 0.192 e. The Bertz CT molecular complexity index is 269. The Balaban J connectivity index is -0.000000292. The van der Waals surface area contributed by atoms with Crippen LogP contribution in [0.5, 0.6) is 0 Å². The Morgan fingerprint density at radius 3 is 1.30 bits per heavy atom. The van der Waals surface area contributed by atoms with E-state index in [0.29, 0.717) is 15.4 Å². The van der Waals surface area contributed by atoms with Crippen molar-refractivity contribution in [3.63, 3.8) is 0 Å². The summed E-state index contributed by atoms with van der Waals surface area (Å²) in [4.78, 5) is 0. The molecule has 0 aromatic rings. The summed E-state index contributed by atoms with van der Waals surface area (Å²) in [7, 11) is -2.84. The highest BCUT2D eigenvalue weighted by molar-refractivity contribution is 9.09. The van der Waals surface area contributed by atoms with Crippen LogP contribution in [0.2, 0.25) is 36.3 Å². The predicted molar refractivity (Wildman–Crippen MR) is 121 cm³/mol. The first-order valence-corrected chi connectivity index (χ1v) is 17.2. The van der Waals surface area contributed by atoms with Crippen molar-refractivity contribution < 1.29 is 9.53 Å². The van der Waals surface area contributed by atoms with Gasteiger partial charge in [-0.05, 0) is 23.2 Å². The van der Waals surface area contributed by atoms with Crippen molar-refractivity contribution in [2.45, 2.75) is 77.8 Å². The molecule has 0 aromatic heterocycles. The van der Waals surface area contributed by atoms with E-state index in [-0.39, 0.29) is 6.61 Å². The van der Waals surface area contributed by atoms with Gasteiger partial charge in [-0.25, -0.2) is 0 Å². The van der Waals surface area contributed by atoms with Crippen LogP contribution in [0, 0.1) is 0 Å². The molecular formula is C16H39Br2ClO2Si2. The molecular weight excluding hydrogens is 476 g/mol. The van der Waals surface area contributed by atoms with Gasteiger partial charge in [-0.3, -0.25) is 0 Å². The lowest BCUT2D eigenvalue weighted by Crippen LogP contribution is -2.41. The minimum absolute atomic E-state index is 0.236. The topological polar surface area (TPSA) is 29.5 Å². The maximum absolute atomic E-state index is 7.83. The van der Waals surface area contributed by atoms with Crippen LogP contribution < -0.4 is 0 Å². The fraction of sp³-hybridized carbons (Fsp3) is 1.00. The zero-order chi connectivity index (χ0) is 19.5. The quantitative estimate of drug-likeness (QED) is 0.248. The largest absolute Gasteiger partial charge is 0.416 e. The van der Waals surface area contributed by atoms with Crippen LogP contribution in [0.3, 0.4) is 0 Å². The van der Waals surface area contributed by atoms with E-state index in [4.69, 9.17) is 20.6 Å². The Labute approximate surface area is 169 Å². The van der Waals surface area contributed by atoms with Gasteiger partial charge in [-0.2, -0.15) is 11.1 Å². The highest BCUT2D eigenvalue weighted by atomic mass is 79.9. The van der Waals surface area contributed by atoms with Gasteiger partial charge in [0.15, 0.2) is 15.7 Å². The lowest BCUT2D eigenvalue weighted by molar-refractivity contribution is 0.312. The van der Waals surface area contributed by atoms with Crippen molar-refractivity contribution in [3.8, 4) is 0 Å². The molecule has 0 saturated heterocycles. The molecule has 144 valence electrons. The number of halogens is 3. The molecule has 0 bridgehead atoms. The van der Waals surface area contributed by atoms with E-state index in [0.717, 1.165) is 11.9 Å². The van der Waals surface area contributed by atoms with E-state index in [1.54, 1.807) is 0 Å². The molecule has 0 heterocycles. The van der Waals surface area contributed by atoms with Gasteiger partial charge in [-0.1, -0.05) is 86.5 Å². The number of aliphatic hydroxyl groups excluding tert-OH is 1. The Hall–Kier alpha value is 1.60. The summed E-state index contributed by atoms with van der Waals surface area (Å²) in [5.41, 5.74) is 0. The number of aliphatic hydroxyl groups is 1. The normalized spacial score (nSPS) is 12.8. The molecule has 0 amide bonds. The monoisotopic (exact) mass is 512 g/mol. The average molecular weight is 515 g/mol. The minimum Gasteiger partial charge on any atom is -0.416 e. The Morgan fingerprint density at radius 1 is 0.870 bits per heavy atom. The van der Waals surface area contributed by atoms with Crippen LogP contribution in [0.4, 0.5) is 0 Å². The molecule has 2 nitrogen and oxygen atoms in total. The van der Waals surface area contributed by atoms with Gasteiger partial charge < -0.3 is 9.53 Å². The zero-order valence-electron chi connectivity index (χ0n) is 16.8. The fourth-order valence-corrected chi connectivity index (χ4v) is 2.02. The first kappa shape index (κ1) is 29.4. The van der Waals surface area contributed by atoms with Crippen LogP contribution >= 0.6 is 42.9 Å². The van der Waals surface area contributed by atoms with Gasteiger partial charge in [0.1, 0.15) is 0 Å². The number of rotatable bonds is 4. The Kier molecular flexibility index (Phi) is 16.4. The molecule has 23 heavy (non-hydrogen) atoms. The van der Waals surface area contributed by atoms with Gasteiger partial charge in [0.2, 0.25) is 0 Å². The molecule has 0 atom stereocenters. The molecule has 7 heteroatoms. The molecule has 0 aliphatic rings. The molecule has 0 saturated carbocycles. The van der Waals surface area contributed by atoms with E-state index in [2.05, 4.69) is 99.6 Å². The summed E-state index contributed by atoms with van der Waals surface area (Å²) in [6.07, 6.45) is 0. The van der Waals surface area contributed by atoms with Gasteiger partial charge in [-0.15, -0.1) is 0 Å². The molecule has 0 unspecified atom stereocenters. The van der Waals surface area contributed by atoms with Crippen LogP contribution in [-0.4, -0.2) is 44.7 Å². The van der Waals surface area contributed by atoms with E-state index < -0.39 is 15.7 Å². The zero-order valence-corrected chi connectivity index (χ0v) is 22.7. The van der Waals surface area contributed by atoms with Crippen LogP contribution in [-0.2, 0) is 4.43 Å². The average Bonchev–Trinajstić information content (AvgIpc) is 2.33. The van der Waals surface area contributed by atoms with Crippen LogP contribution in [0.1, 0.15) is 41.5 Å². The summed E-state index contributed by atoms with van der Waals surface area (Å²) in [5, 5.41) is 10.1. The van der Waals surface area contributed by atoms with E-state index in [1.807, 2.05) is 0 Å². The maximum Gasteiger partial charge on any atom is 0.192 e. The van der Waals surface area contributed by atoms with Crippen molar-refractivity contribution in [2.24, 2.45) is 0 Å². The Morgan fingerprint density at radius 2 is 1.17 bits per heavy atom. The molecule has 0 spiro atoms. The molecule has 0 rings (SSSR count). The third-order valence-corrected chi connectivity index (χ3v) is 14.7. The summed E-state index contributed by atoms with van der Waals surface area (Å²) in [6, 6.07) is 0. The standard InChI is InChI=1S/C8H19BrOSi.C6H15ClSi.C2H5BrO/c1-8(2,3)11(4,5)10-7-6-9;1-6(2,3)8(4,5)7;3-1-2-4/h6-7H2,1-5H3;1-5H3;4H,1-2H2. The number of hydrogen-bond donors (Lipinski definition) is 1. The van der Waals surface area contributed by atoms with E-state index in [1.165, 1.54) is 0 Å². The van der Waals surface area contributed by atoms with Crippen molar-refractivity contribution in [1.82, 2.24) is 0 Å². The number of hydrogen-bond acceptors (Lipinski definition) is 2. The molecule has 1 N–H and O–H groups in total. The summed E-state index contributed by atoms with van der Waals surface area (Å²) >= 11 is 12.5. The van der Waals surface area contributed by atoms with Gasteiger partial charge in [0.05, 0.1) is 6.61 Å². The SMILES string of the molecule is CC(C)(C)[Si](C)(C)Cl.CC(C)(C)[Si](C)(C)OCCBr.OCCBr. The second kappa shape index (κ2) is 12.9. The lowest BCUT2D eigenvalue weighted by Gasteiger charge is -2.35. The second-order valence-electron chi connectivity index (χ2n) is 8.43. The summed E-state index contributed by atoms with van der Waals surface area (Å²) in [6.45, 7) is 23.4. The number of alkyl halides is 2. The molecule has 0 aliphatic heterocycles. The summed E-state index contributed by atoms with van der Waals surface area (Å²) in [5.74, 6) is 0. The molecule has 0 aromatic carbocycles. The highest BCUT2D eigenvalue weighted by Gasteiger charge is 2.36. The van der Waals surface area contributed by atoms with Gasteiger partial charge in [0.25, 0.3) is 0 Å². The third-order valence-electron chi connectivity index (χ3n) is 4.21. The molecule has 0 fully saturated rings. The fourth-order valence-electron chi connectivity index (χ4n) is 0.510. The maximum atomic E-state index is 7.83. The van der Waals surface area contributed by atoms with E-state index >= 15 is 0 Å².